The Morgan fingerprint density at radius 2 is 2.05 bits per heavy atom. The number of rotatable bonds is 6. The maximum atomic E-state index is 12.0. The third kappa shape index (κ3) is 4.49. The lowest BCUT2D eigenvalue weighted by Crippen LogP contribution is -2.32. The van der Waals surface area contributed by atoms with Crippen LogP contribution in [0, 0.1) is 0 Å². The van der Waals surface area contributed by atoms with Crippen molar-refractivity contribution in [1.29, 1.82) is 0 Å². The van der Waals surface area contributed by atoms with Crippen LogP contribution in [0.4, 0.5) is 5.69 Å². The molecule has 106 valence electrons. The van der Waals surface area contributed by atoms with Gasteiger partial charge in [-0.3, -0.25) is 4.72 Å². The maximum Gasteiger partial charge on any atom is 0.234 e. The minimum absolute atomic E-state index is 0.0613. The molecule has 0 bridgehead atoms. The topological polar surface area (TPSA) is 78.4 Å². The predicted molar refractivity (Wildman–Crippen MR) is 75.7 cm³/mol. The first kappa shape index (κ1) is 14.3. The summed E-state index contributed by atoms with van der Waals surface area (Å²) in [6.07, 6.45) is 2.53. The molecule has 1 heterocycles. The minimum atomic E-state index is -3.31. The molecular formula is C13H20N2O3S. The zero-order chi connectivity index (χ0) is 13.7. The third-order valence-corrected chi connectivity index (χ3v) is 4.60. The number of sulfonamides is 1. The highest BCUT2D eigenvalue weighted by molar-refractivity contribution is 7.92. The molecular weight excluding hydrogens is 264 g/mol. The summed E-state index contributed by atoms with van der Waals surface area (Å²) in [6.45, 7) is 0.995. The van der Waals surface area contributed by atoms with Gasteiger partial charge in [-0.1, -0.05) is 12.1 Å². The molecule has 0 radical (unpaired) electrons. The Kier molecular flexibility index (Phi) is 4.79. The molecule has 0 aromatic heterocycles. The molecule has 19 heavy (non-hydrogen) atoms. The van der Waals surface area contributed by atoms with Gasteiger partial charge in [0.1, 0.15) is 0 Å². The fourth-order valence-electron chi connectivity index (χ4n) is 2.25. The largest absolute Gasteiger partial charge is 0.396 e. The number of anilines is 1. The smallest absolute Gasteiger partial charge is 0.234 e. The maximum absolute atomic E-state index is 12.0. The van der Waals surface area contributed by atoms with E-state index in [2.05, 4.69) is 10.0 Å². The van der Waals surface area contributed by atoms with Crippen molar-refractivity contribution in [3.63, 3.8) is 0 Å². The molecule has 5 nitrogen and oxygen atoms in total. The molecule has 1 aromatic rings. The lowest BCUT2D eigenvalue weighted by molar-refractivity contribution is 0.299. The molecule has 1 saturated heterocycles. The zero-order valence-electron chi connectivity index (χ0n) is 10.8. The molecule has 1 fully saturated rings. The van der Waals surface area contributed by atoms with Gasteiger partial charge in [0, 0.05) is 18.3 Å². The first-order chi connectivity index (χ1) is 9.09. The minimum Gasteiger partial charge on any atom is -0.396 e. The number of hydrogen-bond acceptors (Lipinski definition) is 4. The highest BCUT2D eigenvalue weighted by Gasteiger charge is 2.21. The summed E-state index contributed by atoms with van der Waals surface area (Å²) in [6, 6.07) is 7.16. The summed E-state index contributed by atoms with van der Waals surface area (Å²) in [5.41, 5.74) is 1.56. The molecule has 0 amide bonds. The van der Waals surface area contributed by atoms with Crippen molar-refractivity contribution >= 4 is 15.7 Å². The van der Waals surface area contributed by atoms with Gasteiger partial charge in [-0.05, 0) is 43.5 Å². The molecule has 0 spiro atoms. The lowest BCUT2D eigenvalue weighted by Gasteiger charge is -2.13. The van der Waals surface area contributed by atoms with Crippen LogP contribution in [0.3, 0.4) is 0 Å². The van der Waals surface area contributed by atoms with E-state index in [-0.39, 0.29) is 18.4 Å². The Bertz CT molecular complexity index is 493. The molecule has 1 atom stereocenters. The van der Waals surface area contributed by atoms with Crippen LogP contribution in [0.1, 0.15) is 18.4 Å². The average Bonchev–Trinajstić information content (AvgIpc) is 2.83. The molecule has 2 rings (SSSR count). The van der Waals surface area contributed by atoms with Crippen LogP contribution in [0.5, 0.6) is 0 Å². The van der Waals surface area contributed by atoms with Crippen LogP contribution in [-0.4, -0.2) is 38.5 Å². The monoisotopic (exact) mass is 284 g/mol. The van der Waals surface area contributed by atoms with E-state index in [0.717, 1.165) is 24.9 Å². The normalized spacial score (nSPS) is 19.5. The van der Waals surface area contributed by atoms with Gasteiger partial charge in [0.25, 0.3) is 0 Å². The van der Waals surface area contributed by atoms with Crippen LogP contribution < -0.4 is 10.0 Å². The van der Waals surface area contributed by atoms with Gasteiger partial charge < -0.3 is 10.4 Å². The van der Waals surface area contributed by atoms with Crippen molar-refractivity contribution in [3.8, 4) is 0 Å². The summed E-state index contributed by atoms with van der Waals surface area (Å²) in [5.74, 6) is 0.116. The second kappa shape index (κ2) is 6.36. The van der Waals surface area contributed by atoms with Crippen LogP contribution >= 0.6 is 0 Å². The van der Waals surface area contributed by atoms with Crippen LogP contribution in [0.2, 0.25) is 0 Å². The lowest BCUT2D eigenvalue weighted by atomic mass is 10.1. The van der Waals surface area contributed by atoms with E-state index in [1.807, 2.05) is 12.1 Å². The molecule has 0 saturated carbocycles. The van der Waals surface area contributed by atoms with Gasteiger partial charge in [0.15, 0.2) is 0 Å². The van der Waals surface area contributed by atoms with Crippen molar-refractivity contribution in [2.45, 2.75) is 25.3 Å². The number of aliphatic hydroxyl groups is 1. The van der Waals surface area contributed by atoms with Gasteiger partial charge in [0.2, 0.25) is 10.0 Å². The van der Waals surface area contributed by atoms with E-state index in [1.165, 1.54) is 0 Å². The predicted octanol–water partition coefficient (Wildman–Crippen LogP) is 0.715. The fourth-order valence-corrected chi connectivity index (χ4v) is 3.65. The van der Waals surface area contributed by atoms with E-state index in [4.69, 9.17) is 5.11 Å². The Balaban J connectivity index is 1.94. The fraction of sp³-hybridized carbons (Fsp3) is 0.538. The van der Waals surface area contributed by atoms with Crippen molar-refractivity contribution in [1.82, 2.24) is 5.32 Å². The SMILES string of the molecule is O=S(=O)(CC1CCCN1)Nc1ccc(CCO)cc1. The average molecular weight is 284 g/mol. The quantitative estimate of drug-likeness (QED) is 0.719. The van der Waals surface area contributed by atoms with Gasteiger partial charge in [0.05, 0.1) is 5.75 Å². The van der Waals surface area contributed by atoms with Crippen LogP contribution in [0.25, 0.3) is 0 Å². The van der Waals surface area contributed by atoms with Crippen LogP contribution in [-0.2, 0) is 16.4 Å². The van der Waals surface area contributed by atoms with E-state index in [9.17, 15) is 8.42 Å². The summed E-state index contributed by atoms with van der Waals surface area (Å²) >= 11 is 0. The van der Waals surface area contributed by atoms with Crippen molar-refractivity contribution in [2.24, 2.45) is 0 Å². The van der Waals surface area contributed by atoms with Crippen molar-refractivity contribution in [3.05, 3.63) is 29.8 Å². The van der Waals surface area contributed by atoms with Gasteiger partial charge in [-0.15, -0.1) is 0 Å². The second-order valence-electron chi connectivity index (χ2n) is 4.85. The Hall–Kier alpha value is -1.11. The molecule has 1 aliphatic rings. The Morgan fingerprint density at radius 3 is 2.63 bits per heavy atom. The van der Waals surface area contributed by atoms with Crippen LogP contribution in [0.15, 0.2) is 24.3 Å². The van der Waals surface area contributed by atoms with Gasteiger partial charge in [-0.2, -0.15) is 0 Å². The number of nitrogens with one attached hydrogen (secondary N) is 2. The molecule has 3 N–H and O–H groups in total. The summed E-state index contributed by atoms with van der Waals surface area (Å²) in [7, 11) is -3.31. The molecule has 1 aromatic carbocycles. The molecule has 1 aliphatic heterocycles. The summed E-state index contributed by atoms with van der Waals surface area (Å²) in [5, 5.41) is 12.0. The summed E-state index contributed by atoms with van der Waals surface area (Å²) in [4.78, 5) is 0. The van der Waals surface area contributed by atoms with E-state index < -0.39 is 10.0 Å². The van der Waals surface area contributed by atoms with E-state index >= 15 is 0 Å². The molecule has 0 aliphatic carbocycles. The molecule has 1 unspecified atom stereocenters. The zero-order valence-corrected chi connectivity index (χ0v) is 11.6. The van der Waals surface area contributed by atoms with E-state index in [1.54, 1.807) is 12.1 Å². The first-order valence-electron chi connectivity index (χ1n) is 6.53. The van der Waals surface area contributed by atoms with Crippen molar-refractivity contribution in [2.75, 3.05) is 23.6 Å². The second-order valence-corrected chi connectivity index (χ2v) is 6.61. The standard InChI is InChI=1S/C13H20N2O3S/c16-9-7-11-3-5-12(6-4-11)15-19(17,18)10-13-2-1-8-14-13/h3-6,13-16H,1-2,7-10H2. The van der Waals surface area contributed by atoms with Gasteiger partial charge >= 0.3 is 0 Å². The van der Waals surface area contributed by atoms with E-state index in [0.29, 0.717) is 12.1 Å². The number of aliphatic hydroxyl groups excluding tert-OH is 1. The highest BCUT2D eigenvalue weighted by atomic mass is 32.2. The highest BCUT2D eigenvalue weighted by Crippen LogP contribution is 2.14. The Morgan fingerprint density at radius 1 is 1.32 bits per heavy atom. The van der Waals surface area contributed by atoms with Crippen molar-refractivity contribution < 1.29 is 13.5 Å². The Labute approximate surface area is 114 Å². The number of benzene rings is 1. The first-order valence-corrected chi connectivity index (χ1v) is 8.18. The summed E-state index contributed by atoms with van der Waals surface area (Å²) < 4.78 is 26.5. The number of hydrogen-bond donors (Lipinski definition) is 3. The molecule has 6 heteroatoms. The van der Waals surface area contributed by atoms with Gasteiger partial charge in [-0.25, -0.2) is 8.42 Å². The third-order valence-electron chi connectivity index (χ3n) is 3.21.